The fourth-order valence-electron chi connectivity index (χ4n) is 2.68. The van der Waals surface area contributed by atoms with Gasteiger partial charge < -0.3 is 15.4 Å². The molecule has 4 rings (SSSR count). The summed E-state index contributed by atoms with van der Waals surface area (Å²) in [6, 6.07) is 13.7. The van der Waals surface area contributed by atoms with E-state index in [1.807, 2.05) is 43.7 Å². The summed E-state index contributed by atoms with van der Waals surface area (Å²) in [6.07, 6.45) is 5.42. The van der Waals surface area contributed by atoms with Crippen molar-refractivity contribution in [2.75, 3.05) is 24.8 Å². The number of nitrogens with one attached hydrogen (secondary N) is 2. The molecule has 0 saturated carbocycles. The maximum Gasteiger partial charge on any atom is 0.213 e. The molecule has 0 fully saturated rings. The standard InChI is InChI=1S/C19H18N6O/c1-20-14-5-3-13(4-6-14)16-12-22-25-10-9-17(24-19(16)25)23-15-7-8-18(26-2)21-11-15/h3-12,20H,1-2H3,(H,23,24). The third-order valence-electron chi connectivity index (χ3n) is 4.07. The molecule has 0 bridgehead atoms. The van der Waals surface area contributed by atoms with Gasteiger partial charge in [0.25, 0.3) is 0 Å². The lowest BCUT2D eigenvalue weighted by Crippen LogP contribution is -1.98. The van der Waals surface area contributed by atoms with E-state index in [0.717, 1.165) is 34.0 Å². The molecule has 0 aliphatic carbocycles. The van der Waals surface area contributed by atoms with Crippen LogP contribution in [-0.2, 0) is 0 Å². The zero-order valence-corrected chi connectivity index (χ0v) is 14.5. The number of fused-ring (bicyclic) bond motifs is 1. The number of hydrogen-bond acceptors (Lipinski definition) is 6. The van der Waals surface area contributed by atoms with Crippen LogP contribution in [0.3, 0.4) is 0 Å². The van der Waals surface area contributed by atoms with Gasteiger partial charge in [-0.25, -0.2) is 14.5 Å². The molecular weight excluding hydrogens is 328 g/mol. The summed E-state index contributed by atoms with van der Waals surface area (Å²) in [5.41, 5.74) is 4.72. The molecular formula is C19H18N6O. The lowest BCUT2D eigenvalue weighted by molar-refractivity contribution is 0.398. The first kappa shape index (κ1) is 15.9. The smallest absolute Gasteiger partial charge is 0.213 e. The van der Waals surface area contributed by atoms with Gasteiger partial charge >= 0.3 is 0 Å². The minimum absolute atomic E-state index is 0.571. The van der Waals surface area contributed by atoms with E-state index in [-0.39, 0.29) is 0 Å². The minimum atomic E-state index is 0.571. The lowest BCUT2D eigenvalue weighted by atomic mass is 10.1. The molecule has 3 aromatic heterocycles. The van der Waals surface area contributed by atoms with Gasteiger partial charge in [0, 0.05) is 30.6 Å². The van der Waals surface area contributed by atoms with E-state index >= 15 is 0 Å². The normalized spacial score (nSPS) is 10.7. The molecule has 7 nitrogen and oxygen atoms in total. The van der Waals surface area contributed by atoms with Gasteiger partial charge in [-0.15, -0.1) is 0 Å². The van der Waals surface area contributed by atoms with Crippen LogP contribution in [0.2, 0.25) is 0 Å². The Bertz CT molecular complexity index is 1020. The van der Waals surface area contributed by atoms with Crippen LogP contribution in [-0.4, -0.2) is 33.7 Å². The van der Waals surface area contributed by atoms with Gasteiger partial charge in [0.05, 0.1) is 25.2 Å². The van der Waals surface area contributed by atoms with Crippen LogP contribution in [0.15, 0.2) is 61.1 Å². The van der Waals surface area contributed by atoms with Gasteiger partial charge in [-0.2, -0.15) is 5.10 Å². The molecule has 0 aliphatic heterocycles. The summed E-state index contributed by atoms with van der Waals surface area (Å²) < 4.78 is 6.84. The summed E-state index contributed by atoms with van der Waals surface area (Å²) >= 11 is 0. The monoisotopic (exact) mass is 346 g/mol. The van der Waals surface area contributed by atoms with Crippen molar-refractivity contribution in [1.29, 1.82) is 0 Å². The van der Waals surface area contributed by atoms with Gasteiger partial charge in [0.1, 0.15) is 5.82 Å². The van der Waals surface area contributed by atoms with E-state index in [2.05, 4.69) is 32.8 Å². The van der Waals surface area contributed by atoms with Crippen molar-refractivity contribution in [2.45, 2.75) is 0 Å². The Morgan fingerprint density at radius 3 is 2.46 bits per heavy atom. The van der Waals surface area contributed by atoms with Crippen molar-refractivity contribution in [3.8, 4) is 17.0 Å². The van der Waals surface area contributed by atoms with E-state index < -0.39 is 0 Å². The molecule has 0 spiro atoms. The molecule has 1 aromatic carbocycles. The molecule has 0 saturated heterocycles. The number of rotatable bonds is 5. The van der Waals surface area contributed by atoms with Gasteiger partial charge in [-0.1, -0.05) is 12.1 Å². The van der Waals surface area contributed by atoms with E-state index in [1.165, 1.54) is 0 Å². The Hall–Kier alpha value is -3.61. The Morgan fingerprint density at radius 2 is 1.77 bits per heavy atom. The Labute approximate surface area is 150 Å². The molecule has 0 atom stereocenters. The zero-order valence-electron chi connectivity index (χ0n) is 14.5. The van der Waals surface area contributed by atoms with Crippen LogP contribution in [0.4, 0.5) is 17.2 Å². The molecule has 4 aromatic rings. The van der Waals surface area contributed by atoms with E-state index in [4.69, 9.17) is 9.72 Å². The number of nitrogens with zero attached hydrogens (tertiary/aromatic N) is 4. The summed E-state index contributed by atoms with van der Waals surface area (Å²) in [7, 11) is 3.49. The Balaban J connectivity index is 1.67. The molecule has 0 aliphatic rings. The highest BCUT2D eigenvalue weighted by atomic mass is 16.5. The molecule has 26 heavy (non-hydrogen) atoms. The van der Waals surface area contributed by atoms with Gasteiger partial charge in [-0.3, -0.25) is 0 Å². The zero-order chi connectivity index (χ0) is 17.9. The van der Waals surface area contributed by atoms with Crippen molar-refractivity contribution in [2.24, 2.45) is 0 Å². The van der Waals surface area contributed by atoms with Crippen molar-refractivity contribution < 1.29 is 4.74 Å². The van der Waals surface area contributed by atoms with Crippen molar-refractivity contribution in [3.63, 3.8) is 0 Å². The first-order valence-electron chi connectivity index (χ1n) is 8.16. The second kappa shape index (κ2) is 6.72. The van der Waals surface area contributed by atoms with E-state index in [0.29, 0.717) is 5.88 Å². The highest BCUT2D eigenvalue weighted by molar-refractivity contribution is 5.78. The predicted octanol–water partition coefficient (Wildman–Crippen LogP) is 3.59. The fraction of sp³-hybridized carbons (Fsp3) is 0.105. The van der Waals surface area contributed by atoms with Crippen molar-refractivity contribution in [1.82, 2.24) is 19.6 Å². The number of pyridine rings is 1. The van der Waals surface area contributed by atoms with Crippen LogP contribution >= 0.6 is 0 Å². The molecule has 3 heterocycles. The summed E-state index contributed by atoms with van der Waals surface area (Å²) in [5, 5.41) is 10.8. The first-order valence-corrected chi connectivity index (χ1v) is 8.16. The second-order valence-electron chi connectivity index (χ2n) is 5.68. The highest BCUT2D eigenvalue weighted by Crippen LogP contribution is 2.26. The third-order valence-corrected chi connectivity index (χ3v) is 4.07. The highest BCUT2D eigenvalue weighted by Gasteiger charge is 2.09. The molecule has 130 valence electrons. The minimum Gasteiger partial charge on any atom is -0.481 e. The molecule has 7 heteroatoms. The summed E-state index contributed by atoms with van der Waals surface area (Å²) in [4.78, 5) is 8.90. The predicted molar refractivity (Wildman–Crippen MR) is 102 cm³/mol. The maximum absolute atomic E-state index is 5.08. The van der Waals surface area contributed by atoms with Crippen molar-refractivity contribution >= 4 is 22.8 Å². The maximum atomic E-state index is 5.08. The first-order chi connectivity index (χ1) is 12.8. The van der Waals surface area contributed by atoms with Crippen LogP contribution < -0.4 is 15.4 Å². The second-order valence-corrected chi connectivity index (χ2v) is 5.68. The van der Waals surface area contributed by atoms with Gasteiger partial charge in [-0.05, 0) is 29.8 Å². The number of aromatic nitrogens is 4. The third kappa shape index (κ3) is 3.02. The van der Waals surface area contributed by atoms with E-state index in [1.54, 1.807) is 23.9 Å². The van der Waals surface area contributed by atoms with Crippen LogP contribution in [0.5, 0.6) is 5.88 Å². The Morgan fingerprint density at radius 1 is 0.962 bits per heavy atom. The van der Waals surface area contributed by atoms with Crippen LogP contribution in [0.1, 0.15) is 0 Å². The van der Waals surface area contributed by atoms with Crippen LogP contribution in [0, 0.1) is 0 Å². The largest absolute Gasteiger partial charge is 0.481 e. The molecule has 2 N–H and O–H groups in total. The topological polar surface area (TPSA) is 76.4 Å². The fourth-order valence-corrected chi connectivity index (χ4v) is 2.68. The van der Waals surface area contributed by atoms with Gasteiger partial charge in [0.15, 0.2) is 5.65 Å². The average Bonchev–Trinajstić information content (AvgIpc) is 3.12. The quantitative estimate of drug-likeness (QED) is 0.575. The molecule has 0 radical (unpaired) electrons. The van der Waals surface area contributed by atoms with Gasteiger partial charge in [0.2, 0.25) is 5.88 Å². The molecule has 0 unspecified atom stereocenters. The number of anilines is 3. The summed E-state index contributed by atoms with van der Waals surface area (Å²) in [6.45, 7) is 0. The number of benzene rings is 1. The number of hydrogen-bond donors (Lipinski definition) is 2. The Kier molecular flexibility index (Phi) is 4.10. The van der Waals surface area contributed by atoms with Crippen LogP contribution in [0.25, 0.3) is 16.8 Å². The SMILES string of the molecule is CNc1ccc(-c2cnn3ccc(Nc4ccc(OC)nc4)nc23)cc1. The van der Waals surface area contributed by atoms with Crippen molar-refractivity contribution in [3.05, 3.63) is 61.1 Å². The average molecular weight is 346 g/mol. The number of ether oxygens (including phenoxy) is 1. The lowest BCUT2D eigenvalue weighted by Gasteiger charge is -2.07. The number of methoxy groups -OCH3 is 1. The molecule has 0 amide bonds. The van der Waals surface area contributed by atoms with E-state index in [9.17, 15) is 0 Å². The summed E-state index contributed by atoms with van der Waals surface area (Å²) in [5.74, 6) is 1.29.